The first-order chi connectivity index (χ1) is 17.7. The van der Waals surface area contributed by atoms with Crippen LogP contribution in [0.25, 0.3) is 10.9 Å². The molecule has 0 unspecified atom stereocenters. The molecule has 0 saturated heterocycles. The Labute approximate surface area is 228 Å². The van der Waals surface area contributed by atoms with Crippen molar-refractivity contribution >= 4 is 39.0 Å². The van der Waals surface area contributed by atoms with Gasteiger partial charge in [-0.2, -0.15) is 0 Å². The number of H-pyrrole nitrogens is 1. The topological polar surface area (TPSA) is 42.1 Å². The zero-order chi connectivity index (χ0) is 26.9. The van der Waals surface area contributed by atoms with Crippen LogP contribution in [0.4, 0.5) is 0 Å². The molecule has 0 spiro atoms. The molecule has 0 aliphatic heterocycles. The fourth-order valence-electron chi connectivity index (χ4n) is 5.17. The third-order valence-corrected chi connectivity index (χ3v) is 22.4. The van der Waals surface area contributed by atoms with E-state index in [2.05, 4.69) is 55.8 Å². The van der Waals surface area contributed by atoms with Crippen LogP contribution in [0.5, 0.6) is 0 Å². The number of carbonyl (C=O) groups is 1. The molecular weight excluding hydrogens is 561 g/mol. The summed E-state index contributed by atoms with van der Waals surface area (Å²) >= 11 is -2.96. The summed E-state index contributed by atoms with van der Waals surface area (Å²) in [4.78, 5) is 17.7. The number of aromatic amines is 1. The maximum atomic E-state index is 13.9. The Kier molecular flexibility index (Phi) is 10.8. The predicted molar refractivity (Wildman–Crippen MR) is 160 cm³/mol. The molecule has 1 aromatic heterocycles. The van der Waals surface area contributed by atoms with E-state index in [-0.39, 0.29) is 5.97 Å². The van der Waals surface area contributed by atoms with Crippen molar-refractivity contribution in [2.24, 2.45) is 0 Å². The SMILES string of the molecule is CCC[CH2][Sn]([CH2]CCC)([CH2]CCC)[c]1[nH]c2ccc(C#Cc3ccccc3)cc2c1C(=O)OC(C)(C)C. The number of ether oxygens (including phenoxy) is 1. The van der Waals surface area contributed by atoms with Crippen molar-refractivity contribution in [3.05, 3.63) is 65.2 Å². The summed E-state index contributed by atoms with van der Waals surface area (Å²) in [5, 5.41) is 0.967. The molecule has 0 fully saturated rings. The number of hydrogen-bond acceptors (Lipinski definition) is 2. The van der Waals surface area contributed by atoms with E-state index in [1.54, 1.807) is 0 Å². The maximum absolute atomic E-state index is 13.9. The van der Waals surface area contributed by atoms with Crippen LogP contribution in [-0.2, 0) is 4.74 Å². The van der Waals surface area contributed by atoms with Gasteiger partial charge in [-0.15, -0.1) is 0 Å². The fourth-order valence-corrected chi connectivity index (χ4v) is 21.6. The van der Waals surface area contributed by atoms with Crippen LogP contribution in [0.15, 0.2) is 48.5 Å². The summed E-state index contributed by atoms with van der Waals surface area (Å²) < 4.78 is 11.2. The van der Waals surface area contributed by atoms with Gasteiger partial charge in [0.2, 0.25) is 0 Å². The molecule has 0 aliphatic carbocycles. The second kappa shape index (κ2) is 13.6. The molecule has 2 aromatic carbocycles. The molecule has 0 radical (unpaired) electrons. The monoisotopic (exact) mass is 607 g/mol. The second-order valence-corrected chi connectivity index (χ2v) is 24.4. The van der Waals surface area contributed by atoms with E-state index in [9.17, 15) is 4.79 Å². The number of benzene rings is 2. The molecule has 3 aromatic rings. The van der Waals surface area contributed by atoms with Crippen molar-refractivity contribution in [1.29, 1.82) is 0 Å². The number of nitrogens with one attached hydrogen (secondary N) is 1. The molecule has 0 aliphatic rings. The molecule has 37 heavy (non-hydrogen) atoms. The zero-order valence-corrected chi connectivity index (χ0v) is 26.7. The van der Waals surface area contributed by atoms with Crippen molar-refractivity contribution in [2.75, 3.05) is 0 Å². The quantitative estimate of drug-likeness (QED) is 0.135. The molecule has 1 N–H and O–H groups in total. The number of aromatic nitrogens is 1. The average molecular weight is 606 g/mol. The van der Waals surface area contributed by atoms with Gasteiger partial charge in [0.05, 0.1) is 0 Å². The Balaban J connectivity index is 2.22. The van der Waals surface area contributed by atoms with Gasteiger partial charge in [0.15, 0.2) is 0 Å². The van der Waals surface area contributed by atoms with Crippen molar-refractivity contribution in [2.45, 2.75) is 99.0 Å². The molecular formula is C33H45NO2Sn. The minimum absolute atomic E-state index is 0.188. The van der Waals surface area contributed by atoms with E-state index in [1.807, 2.05) is 51.1 Å². The van der Waals surface area contributed by atoms with E-state index in [0.29, 0.717) is 0 Å². The molecule has 0 atom stereocenters. The molecule has 3 rings (SSSR count). The number of rotatable bonds is 11. The van der Waals surface area contributed by atoms with E-state index in [4.69, 9.17) is 4.74 Å². The first-order valence-electron chi connectivity index (χ1n) is 14.2. The predicted octanol–water partition coefficient (Wildman–Crippen LogP) is 8.58. The molecule has 3 nitrogen and oxygen atoms in total. The van der Waals surface area contributed by atoms with E-state index in [0.717, 1.165) is 27.6 Å². The minimum atomic E-state index is -2.96. The Hall–Kier alpha value is -2.19. The fraction of sp³-hybridized carbons (Fsp3) is 0.485. The van der Waals surface area contributed by atoms with Crippen LogP contribution in [0.1, 0.15) is 102 Å². The Morgan fingerprint density at radius 1 is 0.838 bits per heavy atom. The van der Waals surface area contributed by atoms with Crippen LogP contribution in [0.2, 0.25) is 13.3 Å². The molecule has 4 heteroatoms. The van der Waals surface area contributed by atoms with Crippen LogP contribution in [0.3, 0.4) is 0 Å². The van der Waals surface area contributed by atoms with Gasteiger partial charge in [-0.3, -0.25) is 0 Å². The zero-order valence-electron chi connectivity index (χ0n) is 23.8. The van der Waals surface area contributed by atoms with E-state index < -0.39 is 24.0 Å². The average Bonchev–Trinajstić information content (AvgIpc) is 3.26. The molecule has 0 amide bonds. The van der Waals surface area contributed by atoms with Gasteiger partial charge in [0.1, 0.15) is 0 Å². The van der Waals surface area contributed by atoms with Crippen molar-refractivity contribution in [3.63, 3.8) is 0 Å². The van der Waals surface area contributed by atoms with Crippen molar-refractivity contribution in [1.82, 2.24) is 4.98 Å². The summed E-state index contributed by atoms with van der Waals surface area (Å²) in [7, 11) is 0. The van der Waals surface area contributed by atoms with Crippen LogP contribution < -0.4 is 3.71 Å². The summed E-state index contributed by atoms with van der Waals surface area (Å²) in [5.74, 6) is 6.40. The number of esters is 1. The second-order valence-electron chi connectivity index (χ2n) is 11.3. The number of carbonyl (C=O) groups excluding carboxylic acids is 1. The summed E-state index contributed by atoms with van der Waals surface area (Å²) in [5.41, 5.74) is 3.19. The molecule has 1 heterocycles. The molecule has 0 bridgehead atoms. The van der Waals surface area contributed by atoms with Gasteiger partial charge in [0.25, 0.3) is 0 Å². The first-order valence-corrected chi connectivity index (χ1v) is 21.7. The van der Waals surface area contributed by atoms with Crippen molar-refractivity contribution in [3.8, 4) is 11.8 Å². The molecule has 198 valence electrons. The van der Waals surface area contributed by atoms with E-state index >= 15 is 0 Å². The molecule has 0 saturated carbocycles. The van der Waals surface area contributed by atoms with Crippen LogP contribution in [0, 0.1) is 11.8 Å². The third kappa shape index (κ3) is 7.90. The summed E-state index contributed by atoms with van der Waals surface area (Å²) in [6, 6.07) is 16.3. The number of unbranched alkanes of at least 4 members (excludes halogenated alkanes) is 3. The van der Waals surface area contributed by atoms with Crippen LogP contribution in [-0.4, -0.2) is 34.9 Å². The normalized spacial score (nSPS) is 11.8. The van der Waals surface area contributed by atoms with Gasteiger partial charge in [-0.05, 0) is 0 Å². The van der Waals surface area contributed by atoms with Crippen LogP contribution >= 0.6 is 0 Å². The van der Waals surface area contributed by atoms with Gasteiger partial charge in [-0.1, -0.05) is 0 Å². The summed E-state index contributed by atoms with van der Waals surface area (Å²) in [6.07, 6.45) is 7.29. The van der Waals surface area contributed by atoms with Gasteiger partial charge in [-0.25, -0.2) is 0 Å². The van der Waals surface area contributed by atoms with Crippen molar-refractivity contribution < 1.29 is 9.53 Å². The van der Waals surface area contributed by atoms with E-state index in [1.165, 1.54) is 55.5 Å². The Morgan fingerprint density at radius 2 is 1.41 bits per heavy atom. The Morgan fingerprint density at radius 3 is 1.95 bits per heavy atom. The number of hydrogen-bond donors (Lipinski definition) is 1. The Bertz CT molecular complexity index is 1200. The summed E-state index contributed by atoms with van der Waals surface area (Å²) in [6.45, 7) is 12.7. The standard InChI is InChI=1S/C21H18NO2.3C4H9.Sn/c1-21(2,3)24-20(23)18-14-22-19-12-11-16(13-17(18)19)10-9-15-7-5-4-6-8-15;3*1-3-4-2;/h4-8,11-13,22H,1-3H3;3*1,3-4H2,2H3;. The van der Waals surface area contributed by atoms with Gasteiger partial charge >= 0.3 is 230 Å². The third-order valence-electron chi connectivity index (χ3n) is 7.08. The van der Waals surface area contributed by atoms with Gasteiger partial charge in [0, 0.05) is 0 Å². The van der Waals surface area contributed by atoms with Gasteiger partial charge < -0.3 is 0 Å². The first kappa shape index (κ1) is 29.4. The number of fused-ring (bicyclic) bond motifs is 1.